The van der Waals surface area contributed by atoms with Gasteiger partial charge in [-0.1, -0.05) is 23.7 Å². The average Bonchev–Trinajstić information content (AvgIpc) is 2.69. The molecule has 0 saturated carbocycles. The van der Waals surface area contributed by atoms with Crippen molar-refractivity contribution in [3.63, 3.8) is 0 Å². The van der Waals surface area contributed by atoms with Gasteiger partial charge in [0.15, 0.2) is 0 Å². The summed E-state index contributed by atoms with van der Waals surface area (Å²) in [6.45, 7) is -0.0673. The Hall–Kier alpha value is -2.65. The lowest BCUT2D eigenvalue weighted by atomic mass is 10.2. The molecular weight excluding hydrogens is 420 g/mol. The normalized spacial score (nSPS) is 10.9. The molecular formula is C19H23ClN2O6S. The van der Waals surface area contributed by atoms with Crippen LogP contribution >= 0.6 is 11.6 Å². The van der Waals surface area contributed by atoms with Gasteiger partial charge < -0.3 is 19.5 Å². The maximum absolute atomic E-state index is 12.3. The van der Waals surface area contributed by atoms with E-state index in [1.54, 1.807) is 36.4 Å². The third-order valence-corrected chi connectivity index (χ3v) is 5.30. The Morgan fingerprint density at radius 3 is 2.45 bits per heavy atom. The van der Waals surface area contributed by atoms with E-state index in [4.69, 9.17) is 25.8 Å². The van der Waals surface area contributed by atoms with Crippen LogP contribution in [-0.2, 0) is 14.8 Å². The predicted molar refractivity (Wildman–Crippen MR) is 112 cm³/mol. The smallest absolute Gasteiger partial charge is 0.240 e. The highest BCUT2D eigenvalue weighted by Gasteiger charge is 2.24. The number of methoxy groups -OCH3 is 2. The summed E-state index contributed by atoms with van der Waals surface area (Å²) in [5.41, 5.74) is 0.205. The van der Waals surface area contributed by atoms with Gasteiger partial charge in [0.1, 0.15) is 30.4 Å². The number of para-hydroxylation sites is 1. The Morgan fingerprint density at radius 1 is 1.10 bits per heavy atom. The summed E-state index contributed by atoms with van der Waals surface area (Å²) < 4.78 is 41.4. The maximum atomic E-state index is 12.3. The molecule has 8 nitrogen and oxygen atoms in total. The highest BCUT2D eigenvalue weighted by atomic mass is 35.5. The molecule has 1 amide bonds. The average molecular weight is 443 g/mol. The first-order valence-corrected chi connectivity index (χ1v) is 10.8. The highest BCUT2D eigenvalue weighted by molar-refractivity contribution is 7.92. The van der Waals surface area contributed by atoms with E-state index >= 15 is 0 Å². The van der Waals surface area contributed by atoms with Crippen LogP contribution in [0.4, 0.5) is 5.69 Å². The molecule has 10 heteroatoms. The monoisotopic (exact) mass is 442 g/mol. The van der Waals surface area contributed by atoms with E-state index in [0.29, 0.717) is 22.3 Å². The summed E-state index contributed by atoms with van der Waals surface area (Å²) in [6.07, 6.45) is 1.01. The molecule has 0 aliphatic carbocycles. The number of carbonyl (C=O) groups excluding carboxylic acids is 1. The predicted octanol–water partition coefficient (Wildman–Crippen LogP) is 2.32. The zero-order chi connectivity index (χ0) is 21.4. The molecule has 0 heterocycles. The Morgan fingerprint density at radius 2 is 1.83 bits per heavy atom. The molecule has 0 aliphatic heterocycles. The van der Waals surface area contributed by atoms with Gasteiger partial charge in [0.2, 0.25) is 15.9 Å². The van der Waals surface area contributed by atoms with Gasteiger partial charge in [0.05, 0.1) is 37.7 Å². The fourth-order valence-electron chi connectivity index (χ4n) is 2.47. The van der Waals surface area contributed by atoms with Gasteiger partial charge in [-0.3, -0.25) is 9.10 Å². The molecule has 2 rings (SSSR count). The molecule has 2 aromatic rings. The molecule has 0 radical (unpaired) electrons. The molecule has 1 N–H and O–H groups in total. The van der Waals surface area contributed by atoms with Crippen molar-refractivity contribution in [2.75, 3.05) is 44.5 Å². The van der Waals surface area contributed by atoms with Crippen LogP contribution in [0.3, 0.4) is 0 Å². The number of amides is 1. The van der Waals surface area contributed by atoms with Crippen LogP contribution in [0.2, 0.25) is 5.02 Å². The first kappa shape index (κ1) is 22.6. The first-order valence-electron chi connectivity index (χ1n) is 8.60. The van der Waals surface area contributed by atoms with Crippen LogP contribution in [0.1, 0.15) is 0 Å². The number of halogens is 1. The standard InChI is InChI=1S/C19H23ClN2O6S/c1-26-14-8-9-18(27-2)16(12-14)22(29(3,24)25)13-19(23)21-10-11-28-17-7-5-4-6-15(17)20/h4-9,12H,10-11,13H2,1-3H3,(H,21,23). The summed E-state index contributed by atoms with van der Waals surface area (Å²) in [5, 5.41) is 3.09. The third-order valence-electron chi connectivity index (χ3n) is 3.86. The summed E-state index contributed by atoms with van der Waals surface area (Å²) >= 11 is 6.00. The topological polar surface area (TPSA) is 94.2 Å². The first-order chi connectivity index (χ1) is 13.8. The summed E-state index contributed by atoms with van der Waals surface area (Å²) in [5.74, 6) is 0.736. The van der Waals surface area contributed by atoms with Crippen molar-refractivity contribution in [1.29, 1.82) is 0 Å². The summed E-state index contributed by atoms with van der Waals surface area (Å²) in [6, 6.07) is 11.7. The van der Waals surface area contributed by atoms with Crippen molar-refractivity contribution >= 4 is 33.2 Å². The molecule has 0 saturated heterocycles. The van der Waals surface area contributed by atoms with E-state index in [-0.39, 0.29) is 18.8 Å². The number of sulfonamides is 1. The second-order valence-electron chi connectivity index (χ2n) is 5.94. The molecule has 0 unspecified atom stereocenters. The molecule has 29 heavy (non-hydrogen) atoms. The van der Waals surface area contributed by atoms with Crippen molar-refractivity contribution in [1.82, 2.24) is 5.32 Å². The van der Waals surface area contributed by atoms with Gasteiger partial charge in [-0.25, -0.2) is 8.42 Å². The van der Waals surface area contributed by atoms with Crippen molar-refractivity contribution in [2.24, 2.45) is 0 Å². The van der Waals surface area contributed by atoms with Crippen LogP contribution in [-0.4, -0.2) is 54.5 Å². The van der Waals surface area contributed by atoms with Crippen LogP contribution in [0.15, 0.2) is 42.5 Å². The largest absolute Gasteiger partial charge is 0.497 e. The molecule has 2 aromatic carbocycles. The van der Waals surface area contributed by atoms with Gasteiger partial charge in [0, 0.05) is 6.07 Å². The maximum Gasteiger partial charge on any atom is 0.240 e. The van der Waals surface area contributed by atoms with E-state index < -0.39 is 22.5 Å². The zero-order valence-electron chi connectivity index (χ0n) is 16.3. The quantitative estimate of drug-likeness (QED) is 0.567. The number of nitrogens with zero attached hydrogens (tertiary/aromatic N) is 1. The van der Waals surface area contributed by atoms with Gasteiger partial charge in [-0.2, -0.15) is 0 Å². The number of carbonyl (C=O) groups is 1. The van der Waals surface area contributed by atoms with E-state index in [2.05, 4.69) is 5.32 Å². The fourth-order valence-corrected chi connectivity index (χ4v) is 3.51. The van der Waals surface area contributed by atoms with E-state index in [1.807, 2.05) is 0 Å². The number of hydrogen-bond acceptors (Lipinski definition) is 6. The number of hydrogen-bond donors (Lipinski definition) is 1. The lowest BCUT2D eigenvalue weighted by molar-refractivity contribution is -0.119. The van der Waals surface area contributed by atoms with E-state index in [1.165, 1.54) is 20.3 Å². The van der Waals surface area contributed by atoms with Gasteiger partial charge >= 0.3 is 0 Å². The Balaban J connectivity index is 2.04. The minimum absolute atomic E-state index is 0.177. The minimum Gasteiger partial charge on any atom is -0.497 e. The van der Waals surface area contributed by atoms with Crippen LogP contribution in [0, 0.1) is 0 Å². The van der Waals surface area contributed by atoms with Gasteiger partial charge in [0.25, 0.3) is 0 Å². The lowest BCUT2D eigenvalue weighted by Crippen LogP contribution is -2.41. The van der Waals surface area contributed by atoms with Gasteiger partial charge in [-0.15, -0.1) is 0 Å². The molecule has 0 aliphatic rings. The highest BCUT2D eigenvalue weighted by Crippen LogP contribution is 2.33. The Labute approximate surface area is 175 Å². The molecule has 158 valence electrons. The molecule has 0 aromatic heterocycles. The zero-order valence-corrected chi connectivity index (χ0v) is 17.9. The number of ether oxygens (including phenoxy) is 3. The Kier molecular flexibility index (Phi) is 7.98. The van der Waals surface area contributed by atoms with Crippen molar-refractivity contribution in [2.45, 2.75) is 0 Å². The van der Waals surface area contributed by atoms with Crippen LogP contribution in [0.25, 0.3) is 0 Å². The Bertz CT molecular complexity index is 951. The molecule has 0 atom stereocenters. The van der Waals surface area contributed by atoms with Crippen molar-refractivity contribution in [3.05, 3.63) is 47.5 Å². The van der Waals surface area contributed by atoms with Crippen LogP contribution in [0.5, 0.6) is 17.2 Å². The lowest BCUT2D eigenvalue weighted by Gasteiger charge is -2.24. The van der Waals surface area contributed by atoms with E-state index in [9.17, 15) is 13.2 Å². The van der Waals surface area contributed by atoms with Crippen molar-refractivity contribution < 1.29 is 27.4 Å². The number of anilines is 1. The SMILES string of the molecule is COc1ccc(OC)c(N(CC(=O)NCCOc2ccccc2Cl)S(C)(=O)=O)c1. The number of nitrogens with one attached hydrogen (secondary N) is 1. The third kappa shape index (κ3) is 6.43. The molecule has 0 spiro atoms. The van der Waals surface area contributed by atoms with Gasteiger partial charge in [-0.05, 0) is 24.3 Å². The second kappa shape index (κ2) is 10.2. The summed E-state index contributed by atoms with van der Waals surface area (Å²) in [7, 11) is -0.887. The second-order valence-corrected chi connectivity index (χ2v) is 8.25. The van der Waals surface area contributed by atoms with Crippen LogP contribution < -0.4 is 23.8 Å². The minimum atomic E-state index is -3.76. The molecule has 0 fully saturated rings. The summed E-state index contributed by atoms with van der Waals surface area (Å²) in [4.78, 5) is 12.3. The van der Waals surface area contributed by atoms with Crippen molar-refractivity contribution in [3.8, 4) is 17.2 Å². The van der Waals surface area contributed by atoms with E-state index in [0.717, 1.165) is 10.6 Å². The number of benzene rings is 2. The molecule has 0 bridgehead atoms. The number of rotatable bonds is 10. The fraction of sp³-hybridized carbons (Fsp3) is 0.316.